The minimum Gasteiger partial charge on any atom is -0.483 e. The van der Waals surface area contributed by atoms with Gasteiger partial charge in [-0.05, 0) is 30.0 Å². The van der Waals surface area contributed by atoms with E-state index in [-0.39, 0.29) is 36.6 Å². The maximum absolute atomic E-state index is 12.9. The van der Waals surface area contributed by atoms with E-state index in [0.717, 1.165) is 10.8 Å². The van der Waals surface area contributed by atoms with Gasteiger partial charge in [-0.3, -0.25) is 4.79 Å². The predicted molar refractivity (Wildman–Crippen MR) is 106 cm³/mol. The largest absolute Gasteiger partial charge is 0.483 e. The van der Waals surface area contributed by atoms with Gasteiger partial charge in [0.05, 0.1) is 24.3 Å². The Hall–Kier alpha value is -2.80. The van der Waals surface area contributed by atoms with Crippen LogP contribution in [0, 0.1) is 0 Å². The van der Waals surface area contributed by atoms with Gasteiger partial charge in [-0.25, -0.2) is 8.42 Å². The van der Waals surface area contributed by atoms with Gasteiger partial charge in [0.15, 0.2) is 16.4 Å². The molecule has 2 heterocycles. The molecule has 0 aliphatic carbocycles. The molecule has 1 aromatic heterocycles. The third kappa shape index (κ3) is 4.04. The Morgan fingerprint density at radius 2 is 1.93 bits per heavy atom. The average Bonchev–Trinajstić information content (AvgIpc) is 3.33. The van der Waals surface area contributed by atoms with Crippen LogP contribution in [0.3, 0.4) is 0 Å². The Balaban J connectivity index is 1.52. The smallest absolute Gasteiger partial charge is 0.261 e. The van der Waals surface area contributed by atoms with Crippen LogP contribution in [-0.4, -0.2) is 43.4 Å². The van der Waals surface area contributed by atoms with E-state index in [1.54, 1.807) is 17.0 Å². The number of carbonyl (C=O) groups is 1. The van der Waals surface area contributed by atoms with Crippen LogP contribution < -0.4 is 4.74 Å². The van der Waals surface area contributed by atoms with Crippen molar-refractivity contribution in [2.24, 2.45) is 0 Å². The molecule has 7 heteroatoms. The summed E-state index contributed by atoms with van der Waals surface area (Å²) in [7, 11) is -3.11. The summed E-state index contributed by atoms with van der Waals surface area (Å²) in [6.45, 7) is 0.0657. The second-order valence-corrected chi connectivity index (χ2v) is 9.15. The number of sulfone groups is 1. The average molecular weight is 399 g/mol. The molecule has 2 aromatic carbocycles. The fourth-order valence-corrected chi connectivity index (χ4v) is 5.29. The Morgan fingerprint density at radius 1 is 1.11 bits per heavy atom. The fourth-order valence-electron chi connectivity index (χ4n) is 3.56. The maximum atomic E-state index is 12.9. The summed E-state index contributed by atoms with van der Waals surface area (Å²) < 4.78 is 35.0. The van der Waals surface area contributed by atoms with E-state index in [0.29, 0.717) is 17.9 Å². The Kier molecular flexibility index (Phi) is 5.09. The molecule has 3 aromatic rings. The Labute approximate surface area is 163 Å². The number of furan rings is 1. The first-order valence-corrected chi connectivity index (χ1v) is 11.0. The van der Waals surface area contributed by atoms with Crippen LogP contribution in [-0.2, 0) is 21.2 Å². The van der Waals surface area contributed by atoms with E-state index in [9.17, 15) is 13.2 Å². The third-order valence-corrected chi connectivity index (χ3v) is 6.73. The van der Waals surface area contributed by atoms with Crippen molar-refractivity contribution >= 4 is 26.5 Å². The molecule has 1 aliphatic heterocycles. The molecule has 1 amide bonds. The summed E-state index contributed by atoms with van der Waals surface area (Å²) in [5.74, 6) is 1.06. The van der Waals surface area contributed by atoms with Gasteiger partial charge >= 0.3 is 0 Å². The molecule has 0 spiro atoms. The highest BCUT2D eigenvalue weighted by Gasteiger charge is 2.35. The number of hydrogen-bond acceptors (Lipinski definition) is 5. The van der Waals surface area contributed by atoms with Gasteiger partial charge in [0, 0.05) is 11.4 Å². The molecule has 6 nitrogen and oxygen atoms in total. The van der Waals surface area contributed by atoms with Crippen molar-refractivity contribution in [3.8, 4) is 5.75 Å². The summed E-state index contributed by atoms with van der Waals surface area (Å²) in [4.78, 5) is 14.5. The molecule has 0 bridgehead atoms. The first-order chi connectivity index (χ1) is 13.5. The number of nitrogens with zero attached hydrogens (tertiary/aromatic N) is 1. The minimum atomic E-state index is -3.11. The topological polar surface area (TPSA) is 76.8 Å². The number of ether oxygens (including phenoxy) is 1. The molecular weight excluding hydrogens is 378 g/mol. The maximum Gasteiger partial charge on any atom is 0.261 e. The molecular formula is C21H21NO5S. The van der Waals surface area contributed by atoms with Gasteiger partial charge in [-0.2, -0.15) is 0 Å². The van der Waals surface area contributed by atoms with E-state index in [1.165, 1.54) is 6.26 Å². The highest BCUT2D eigenvalue weighted by Crippen LogP contribution is 2.26. The lowest BCUT2D eigenvalue weighted by Crippen LogP contribution is -2.43. The van der Waals surface area contributed by atoms with Crippen molar-refractivity contribution in [1.29, 1.82) is 0 Å². The number of rotatable bonds is 6. The summed E-state index contributed by atoms with van der Waals surface area (Å²) in [6, 6.07) is 16.6. The lowest BCUT2D eigenvalue weighted by molar-refractivity contribution is -0.136. The molecule has 0 radical (unpaired) electrons. The van der Waals surface area contributed by atoms with Crippen molar-refractivity contribution in [3.05, 3.63) is 66.6 Å². The van der Waals surface area contributed by atoms with Gasteiger partial charge in [-0.1, -0.05) is 36.4 Å². The van der Waals surface area contributed by atoms with E-state index >= 15 is 0 Å². The number of amides is 1. The molecule has 0 N–H and O–H groups in total. The van der Waals surface area contributed by atoms with Crippen LogP contribution in [0.2, 0.25) is 0 Å². The zero-order valence-corrected chi connectivity index (χ0v) is 16.1. The van der Waals surface area contributed by atoms with Gasteiger partial charge in [0.1, 0.15) is 11.5 Å². The molecule has 1 aliphatic rings. The van der Waals surface area contributed by atoms with Crippen LogP contribution >= 0.6 is 0 Å². The number of carbonyl (C=O) groups excluding carboxylic acids is 1. The van der Waals surface area contributed by atoms with Crippen molar-refractivity contribution in [3.63, 3.8) is 0 Å². The van der Waals surface area contributed by atoms with Crippen LogP contribution in [0.25, 0.3) is 10.8 Å². The standard InChI is InChI=1S/C21H21NO5S/c23-21(14-27-20-9-3-6-16-5-1-2-8-19(16)20)22(13-18-7-4-11-26-18)17-10-12-28(24,25)15-17/h1-9,11,17H,10,12-15H2. The second kappa shape index (κ2) is 7.67. The lowest BCUT2D eigenvalue weighted by Gasteiger charge is -2.27. The molecule has 28 heavy (non-hydrogen) atoms. The lowest BCUT2D eigenvalue weighted by atomic mass is 10.1. The molecule has 0 saturated carbocycles. The summed E-state index contributed by atoms with van der Waals surface area (Å²) in [5.41, 5.74) is 0. The number of benzene rings is 2. The van der Waals surface area contributed by atoms with Crippen molar-refractivity contribution in [2.75, 3.05) is 18.1 Å². The van der Waals surface area contributed by atoms with Crippen LogP contribution in [0.1, 0.15) is 12.2 Å². The Bertz CT molecular complexity index is 1070. The summed E-state index contributed by atoms with van der Waals surface area (Å²) in [5, 5.41) is 1.96. The molecule has 146 valence electrons. The second-order valence-electron chi connectivity index (χ2n) is 6.92. The molecule has 1 fully saturated rings. The molecule has 1 atom stereocenters. The quantitative estimate of drug-likeness (QED) is 0.637. The summed E-state index contributed by atoms with van der Waals surface area (Å²) in [6.07, 6.45) is 1.97. The Morgan fingerprint density at radius 3 is 2.68 bits per heavy atom. The molecule has 1 saturated heterocycles. The molecule has 1 unspecified atom stereocenters. The van der Waals surface area contributed by atoms with Gasteiger partial charge < -0.3 is 14.1 Å². The van der Waals surface area contributed by atoms with Gasteiger partial charge in [0.25, 0.3) is 5.91 Å². The predicted octanol–water partition coefficient (Wildman–Crippen LogP) is 3.03. The van der Waals surface area contributed by atoms with E-state index in [1.807, 2.05) is 42.5 Å². The minimum absolute atomic E-state index is 0.0201. The zero-order chi connectivity index (χ0) is 19.6. The van der Waals surface area contributed by atoms with Gasteiger partial charge in [-0.15, -0.1) is 0 Å². The monoisotopic (exact) mass is 399 g/mol. The first kappa shape index (κ1) is 18.6. The highest BCUT2D eigenvalue weighted by atomic mass is 32.2. The number of fused-ring (bicyclic) bond motifs is 1. The van der Waals surface area contributed by atoms with E-state index in [4.69, 9.17) is 9.15 Å². The third-order valence-electron chi connectivity index (χ3n) is 4.98. The zero-order valence-electron chi connectivity index (χ0n) is 15.3. The van der Waals surface area contributed by atoms with Crippen molar-refractivity contribution in [1.82, 2.24) is 4.90 Å². The molecule has 4 rings (SSSR count). The van der Waals surface area contributed by atoms with Crippen LogP contribution in [0.15, 0.2) is 65.3 Å². The first-order valence-electron chi connectivity index (χ1n) is 9.15. The van der Waals surface area contributed by atoms with Gasteiger partial charge in [0.2, 0.25) is 0 Å². The van der Waals surface area contributed by atoms with E-state index < -0.39 is 9.84 Å². The van der Waals surface area contributed by atoms with Crippen molar-refractivity contribution < 1.29 is 22.4 Å². The summed E-state index contributed by atoms with van der Waals surface area (Å²) >= 11 is 0. The number of hydrogen-bond donors (Lipinski definition) is 0. The van der Waals surface area contributed by atoms with E-state index in [2.05, 4.69) is 0 Å². The van der Waals surface area contributed by atoms with Crippen LogP contribution in [0.5, 0.6) is 5.75 Å². The van der Waals surface area contributed by atoms with Crippen LogP contribution in [0.4, 0.5) is 0 Å². The normalized spacial score (nSPS) is 18.2. The highest BCUT2D eigenvalue weighted by molar-refractivity contribution is 7.91. The fraction of sp³-hybridized carbons (Fsp3) is 0.286. The van der Waals surface area contributed by atoms with Crippen molar-refractivity contribution in [2.45, 2.75) is 19.0 Å². The SMILES string of the molecule is O=C(COc1cccc2ccccc12)N(Cc1ccco1)C1CCS(=O)(=O)C1.